The molecule has 12 heteroatoms. The van der Waals surface area contributed by atoms with Gasteiger partial charge in [0.05, 0.1) is 20.8 Å². The fourth-order valence-electron chi connectivity index (χ4n) is 3.78. The minimum atomic E-state index is -1.72. The summed E-state index contributed by atoms with van der Waals surface area (Å²) in [6, 6.07) is 6.54. The van der Waals surface area contributed by atoms with E-state index in [1.54, 1.807) is 0 Å². The van der Waals surface area contributed by atoms with Crippen LogP contribution in [-0.4, -0.2) is 82.2 Å². The van der Waals surface area contributed by atoms with Crippen molar-refractivity contribution in [3.8, 4) is 40.1 Å². The molecule has 3 aromatic rings. The first-order valence-electron chi connectivity index (χ1n) is 10.4. The zero-order valence-corrected chi connectivity index (χ0v) is 18.6. The first kappa shape index (κ1) is 24.6. The Kier molecular flexibility index (Phi) is 6.74. The molecule has 0 spiro atoms. The third-order valence-corrected chi connectivity index (χ3v) is 5.66. The second kappa shape index (κ2) is 9.60. The van der Waals surface area contributed by atoms with Crippen molar-refractivity contribution in [3.05, 3.63) is 40.6 Å². The number of aliphatic hydroxyl groups is 4. The molecule has 2 heterocycles. The molecule has 35 heavy (non-hydrogen) atoms. The number of hydrogen-bond acceptors (Lipinski definition) is 12. The molecule has 188 valence electrons. The monoisotopic (exact) mass is 492 g/mol. The summed E-state index contributed by atoms with van der Waals surface area (Å²) in [6.45, 7) is -0.664. The minimum absolute atomic E-state index is 0.0164. The zero-order valence-electron chi connectivity index (χ0n) is 18.6. The van der Waals surface area contributed by atoms with E-state index < -0.39 is 48.5 Å². The maximum atomic E-state index is 13.4. The summed E-state index contributed by atoms with van der Waals surface area (Å²) in [7, 11) is 2.60. The largest absolute Gasteiger partial charge is 0.504 e. The minimum Gasteiger partial charge on any atom is -0.504 e. The van der Waals surface area contributed by atoms with Crippen LogP contribution in [0.5, 0.6) is 28.7 Å². The van der Waals surface area contributed by atoms with Gasteiger partial charge in [0.1, 0.15) is 46.9 Å². The Hall–Kier alpha value is -3.55. The maximum Gasteiger partial charge on any atom is 0.239 e. The highest BCUT2D eigenvalue weighted by atomic mass is 16.7. The Morgan fingerprint density at radius 3 is 2.31 bits per heavy atom. The van der Waals surface area contributed by atoms with Crippen molar-refractivity contribution in [2.75, 3.05) is 20.8 Å². The number of phenols is 2. The SMILES string of the molecule is COc1cc(OC2OC(CO)C(O)C(O)C2O)c2c(=O)c(OC)c(-c3ccc(O)c(O)c3)oc2c1. The fraction of sp³-hybridized carbons (Fsp3) is 0.348. The van der Waals surface area contributed by atoms with Crippen LogP contribution in [0, 0.1) is 0 Å². The molecule has 0 bridgehead atoms. The van der Waals surface area contributed by atoms with E-state index >= 15 is 0 Å². The van der Waals surface area contributed by atoms with Crippen LogP contribution in [0.2, 0.25) is 0 Å². The lowest BCUT2D eigenvalue weighted by Gasteiger charge is -2.39. The highest BCUT2D eigenvalue weighted by Gasteiger charge is 2.45. The van der Waals surface area contributed by atoms with Gasteiger partial charge in [0, 0.05) is 17.7 Å². The molecule has 0 amide bonds. The van der Waals surface area contributed by atoms with Crippen molar-refractivity contribution in [2.45, 2.75) is 30.7 Å². The zero-order chi connectivity index (χ0) is 25.4. The highest BCUT2D eigenvalue weighted by molar-refractivity contribution is 5.88. The molecule has 5 unspecified atom stereocenters. The molecule has 1 fully saturated rings. The summed E-state index contributed by atoms with van der Waals surface area (Å²) in [5, 5.41) is 59.2. The second-order valence-electron chi connectivity index (χ2n) is 7.81. The van der Waals surface area contributed by atoms with E-state index in [2.05, 4.69) is 0 Å². The molecule has 1 aromatic heterocycles. The van der Waals surface area contributed by atoms with E-state index in [4.69, 9.17) is 23.4 Å². The Bertz CT molecular complexity index is 1280. The van der Waals surface area contributed by atoms with Gasteiger partial charge in [0.25, 0.3) is 0 Å². The smallest absolute Gasteiger partial charge is 0.239 e. The van der Waals surface area contributed by atoms with Gasteiger partial charge >= 0.3 is 0 Å². The summed E-state index contributed by atoms with van der Waals surface area (Å²) < 4.78 is 27.5. The lowest BCUT2D eigenvalue weighted by atomic mass is 9.99. The molecule has 0 saturated carbocycles. The van der Waals surface area contributed by atoms with Crippen molar-refractivity contribution in [1.29, 1.82) is 0 Å². The van der Waals surface area contributed by atoms with Gasteiger partial charge in [-0.05, 0) is 18.2 Å². The molecule has 1 aliphatic rings. The van der Waals surface area contributed by atoms with E-state index in [1.165, 1.54) is 44.6 Å². The van der Waals surface area contributed by atoms with E-state index in [0.29, 0.717) is 0 Å². The number of benzene rings is 2. The van der Waals surface area contributed by atoms with Gasteiger partial charge in [0.2, 0.25) is 17.5 Å². The van der Waals surface area contributed by atoms with Gasteiger partial charge in [-0.2, -0.15) is 0 Å². The molecule has 5 atom stereocenters. The average Bonchev–Trinajstić information content (AvgIpc) is 2.85. The summed E-state index contributed by atoms with van der Waals surface area (Å²) in [6.07, 6.45) is -7.80. The standard InChI is InChI=1S/C23H24O12/c1-31-10-6-13-16(14(7-10)34-23-20(30)19(29)17(27)15(8-24)35-23)18(28)22(32-2)21(33-13)9-3-4-11(25)12(26)5-9/h3-7,15,17,19-20,23-27,29-30H,8H2,1-2H3. The summed E-state index contributed by atoms with van der Waals surface area (Å²) in [5.74, 6) is -1.06. The van der Waals surface area contributed by atoms with Crippen LogP contribution in [0.4, 0.5) is 0 Å². The number of fused-ring (bicyclic) bond motifs is 1. The molecule has 6 N–H and O–H groups in total. The number of methoxy groups -OCH3 is 2. The number of aromatic hydroxyl groups is 2. The van der Waals surface area contributed by atoms with E-state index in [0.717, 1.165) is 0 Å². The van der Waals surface area contributed by atoms with Crippen molar-refractivity contribution in [1.82, 2.24) is 0 Å². The number of hydrogen-bond donors (Lipinski definition) is 6. The number of rotatable bonds is 6. The van der Waals surface area contributed by atoms with Gasteiger partial charge in [-0.1, -0.05) is 0 Å². The van der Waals surface area contributed by atoms with Crippen LogP contribution in [0.15, 0.2) is 39.5 Å². The molecule has 4 rings (SSSR count). The molecular formula is C23H24O12. The van der Waals surface area contributed by atoms with Crippen molar-refractivity contribution < 1.29 is 54.0 Å². The number of ether oxygens (including phenoxy) is 4. The summed E-state index contributed by atoms with van der Waals surface area (Å²) in [5.41, 5.74) is -0.466. The van der Waals surface area contributed by atoms with Gasteiger partial charge in [-0.3, -0.25) is 4.79 Å². The quantitative estimate of drug-likeness (QED) is 0.254. The van der Waals surface area contributed by atoms with Crippen molar-refractivity contribution >= 4 is 11.0 Å². The summed E-state index contributed by atoms with van der Waals surface area (Å²) >= 11 is 0. The normalized spacial score (nSPS) is 24.3. The van der Waals surface area contributed by atoms with E-state index in [1.807, 2.05) is 0 Å². The lowest BCUT2D eigenvalue weighted by Crippen LogP contribution is -2.60. The average molecular weight is 492 g/mol. The number of phenolic OH excluding ortho intramolecular Hbond substituents is 2. The van der Waals surface area contributed by atoms with E-state index in [-0.39, 0.29) is 45.3 Å². The predicted octanol–water partition coefficient (Wildman–Crippen LogP) is 0.0671. The van der Waals surface area contributed by atoms with Crippen LogP contribution in [0.3, 0.4) is 0 Å². The molecule has 12 nitrogen and oxygen atoms in total. The molecule has 2 aromatic carbocycles. The Morgan fingerprint density at radius 2 is 1.69 bits per heavy atom. The van der Waals surface area contributed by atoms with Crippen molar-refractivity contribution in [3.63, 3.8) is 0 Å². The number of aliphatic hydroxyl groups excluding tert-OH is 4. The van der Waals surface area contributed by atoms with Gasteiger partial charge in [0.15, 0.2) is 17.3 Å². The maximum absolute atomic E-state index is 13.4. The lowest BCUT2D eigenvalue weighted by molar-refractivity contribution is -0.277. The molecule has 1 saturated heterocycles. The topological polar surface area (TPSA) is 189 Å². The first-order chi connectivity index (χ1) is 16.7. The Morgan fingerprint density at radius 1 is 0.943 bits per heavy atom. The van der Waals surface area contributed by atoms with Crippen LogP contribution >= 0.6 is 0 Å². The van der Waals surface area contributed by atoms with Crippen LogP contribution in [0.1, 0.15) is 0 Å². The van der Waals surface area contributed by atoms with Gasteiger partial charge < -0.3 is 54.0 Å². The molecule has 0 radical (unpaired) electrons. The Labute approximate surface area is 197 Å². The molecular weight excluding hydrogens is 468 g/mol. The summed E-state index contributed by atoms with van der Waals surface area (Å²) in [4.78, 5) is 13.4. The van der Waals surface area contributed by atoms with Crippen LogP contribution < -0.4 is 19.6 Å². The Balaban J connectivity index is 1.87. The highest BCUT2D eigenvalue weighted by Crippen LogP contribution is 2.39. The third-order valence-electron chi connectivity index (χ3n) is 5.66. The second-order valence-corrected chi connectivity index (χ2v) is 7.81. The van der Waals surface area contributed by atoms with Gasteiger partial charge in [-0.15, -0.1) is 0 Å². The molecule has 1 aliphatic heterocycles. The van der Waals surface area contributed by atoms with Crippen LogP contribution in [-0.2, 0) is 4.74 Å². The first-order valence-corrected chi connectivity index (χ1v) is 10.4. The van der Waals surface area contributed by atoms with Gasteiger partial charge in [-0.25, -0.2) is 0 Å². The van der Waals surface area contributed by atoms with E-state index in [9.17, 15) is 35.4 Å². The third kappa shape index (κ3) is 4.33. The fourth-order valence-corrected chi connectivity index (χ4v) is 3.78. The van der Waals surface area contributed by atoms with Crippen LogP contribution in [0.25, 0.3) is 22.3 Å². The van der Waals surface area contributed by atoms with Crippen molar-refractivity contribution in [2.24, 2.45) is 0 Å². The predicted molar refractivity (Wildman–Crippen MR) is 119 cm³/mol. The molecule has 0 aliphatic carbocycles.